The van der Waals surface area contributed by atoms with Crippen LogP contribution in [0.2, 0.25) is 0 Å². The Balaban J connectivity index is 1.45. The van der Waals surface area contributed by atoms with Crippen LogP contribution in [0, 0.1) is 37.5 Å². The van der Waals surface area contributed by atoms with Crippen LogP contribution >= 0.6 is 0 Å². The standard InChI is InChI=1S/C35H42/c1-22-9-7-10-28(16-22)19-33-26(5)15-23(2)17-35(33)31-12-8-11-30-18-29(21-34(30)31)20-32-25(4)14-13-24(3)27(32)6/h8,11-15,17-18,22,24,28,32H,4,6-7,9-10,16,19-21H2,1-3,5H3/t22?,24?,28-,32?/m1/s1. The van der Waals surface area contributed by atoms with Gasteiger partial charge in [0.15, 0.2) is 0 Å². The van der Waals surface area contributed by atoms with Crippen LogP contribution in [0.3, 0.4) is 0 Å². The van der Waals surface area contributed by atoms with Gasteiger partial charge in [0.1, 0.15) is 0 Å². The van der Waals surface area contributed by atoms with Gasteiger partial charge in [-0.1, -0.05) is 112 Å². The van der Waals surface area contributed by atoms with E-state index in [0.29, 0.717) is 11.8 Å². The van der Waals surface area contributed by atoms with Crippen molar-refractivity contribution >= 4 is 6.08 Å². The lowest BCUT2D eigenvalue weighted by molar-refractivity contribution is 0.281. The Bertz CT molecular complexity index is 1220. The molecule has 1 saturated carbocycles. The number of rotatable bonds is 5. The lowest BCUT2D eigenvalue weighted by atomic mass is 9.76. The number of allylic oxidation sites excluding steroid dienone is 5. The van der Waals surface area contributed by atoms with Crippen LogP contribution in [0.5, 0.6) is 0 Å². The van der Waals surface area contributed by atoms with Crippen molar-refractivity contribution in [3.8, 4) is 11.1 Å². The molecule has 3 aliphatic carbocycles. The molecule has 3 aliphatic rings. The van der Waals surface area contributed by atoms with Gasteiger partial charge in [0.05, 0.1) is 0 Å². The minimum atomic E-state index is 0.365. The van der Waals surface area contributed by atoms with Gasteiger partial charge in [-0.2, -0.15) is 0 Å². The second-order valence-corrected chi connectivity index (χ2v) is 11.9. The van der Waals surface area contributed by atoms with E-state index in [-0.39, 0.29) is 0 Å². The van der Waals surface area contributed by atoms with Gasteiger partial charge in [0.25, 0.3) is 0 Å². The second kappa shape index (κ2) is 9.81. The zero-order valence-corrected chi connectivity index (χ0v) is 22.3. The van der Waals surface area contributed by atoms with Crippen LogP contribution in [0.1, 0.15) is 73.8 Å². The highest BCUT2D eigenvalue weighted by atomic mass is 14.3. The number of hydrogen-bond donors (Lipinski definition) is 0. The Kier molecular flexibility index (Phi) is 6.75. The van der Waals surface area contributed by atoms with Crippen LogP contribution in [0.4, 0.5) is 0 Å². The molecule has 0 bridgehead atoms. The van der Waals surface area contributed by atoms with E-state index in [1.165, 1.54) is 82.2 Å². The maximum absolute atomic E-state index is 4.44. The summed E-state index contributed by atoms with van der Waals surface area (Å²) < 4.78 is 0. The molecule has 0 spiro atoms. The van der Waals surface area contributed by atoms with Gasteiger partial charge in [0.2, 0.25) is 0 Å². The Hall–Kier alpha value is -2.60. The zero-order valence-electron chi connectivity index (χ0n) is 22.3. The molecule has 5 rings (SSSR count). The molecule has 0 nitrogen and oxygen atoms in total. The summed E-state index contributed by atoms with van der Waals surface area (Å²) in [6, 6.07) is 11.8. The van der Waals surface area contributed by atoms with Crippen molar-refractivity contribution in [3.63, 3.8) is 0 Å². The van der Waals surface area contributed by atoms with Crippen LogP contribution in [-0.2, 0) is 12.8 Å². The van der Waals surface area contributed by atoms with Crippen molar-refractivity contribution in [1.29, 1.82) is 0 Å². The average Bonchev–Trinajstić information content (AvgIpc) is 3.24. The lowest BCUT2D eigenvalue weighted by Crippen LogP contribution is -2.16. The van der Waals surface area contributed by atoms with Gasteiger partial charge in [-0.15, -0.1) is 0 Å². The molecule has 0 aliphatic heterocycles. The smallest absolute Gasteiger partial charge is 0.00826 e. The molecule has 182 valence electrons. The molecule has 0 aromatic heterocycles. The number of fused-ring (bicyclic) bond motifs is 1. The van der Waals surface area contributed by atoms with E-state index in [1.54, 1.807) is 5.56 Å². The van der Waals surface area contributed by atoms with E-state index in [9.17, 15) is 0 Å². The molecular weight excluding hydrogens is 420 g/mol. The van der Waals surface area contributed by atoms with Crippen molar-refractivity contribution in [3.05, 3.63) is 100 Å². The van der Waals surface area contributed by atoms with Crippen LogP contribution in [0.25, 0.3) is 17.2 Å². The molecule has 35 heavy (non-hydrogen) atoms. The number of benzene rings is 2. The fourth-order valence-electron chi connectivity index (χ4n) is 6.95. The fourth-order valence-corrected chi connectivity index (χ4v) is 6.95. The minimum absolute atomic E-state index is 0.365. The average molecular weight is 463 g/mol. The summed E-state index contributed by atoms with van der Waals surface area (Å²) in [5.74, 6) is 2.50. The third kappa shape index (κ3) is 4.90. The summed E-state index contributed by atoms with van der Waals surface area (Å²) in [6.45, 7) is 18.1. The molecule has 0 saturated heterocycles. The molecule has 0 N–H and O–H groups in total. The quantitative estimate of drug-likeness (QED) is 0.388. The Morgan fingerprint density at radius 1 is 0.971 bits per heavy atom. The van der Waals surface area contributed by atoms with Crippen molar-refractivity contribution < 1.29 is 0 Å². The monoisotopic (exact) mass is 462 g/mol. The first-order chi connectivity index (χ1) is 16.8. The van der Waals surface area contributed by atoms with Crippen LogP contribution in [0.15, 0.2) is 72.4 Å². The molecule has 2 aromatic carbocycles. The molecule has 0 heterocycles. The maximum atomic E-state index is 4.44. The molecule has 2 aromatic rings. The first-order valence-corrected chi connectivity index (χ1v) is 13.8. The summed E-state index contributed by atoms with van der Waals surface area (Å²) in [6.07, 6.45) is 15.8. The topological polar surface area (TPSA) is 0 Å². The molecule has 0 heteroatoms. The predicted molar refractivity (Wildman–Crippen MR) is 153 cm³/mol. The molecular formula is C35H42. The van der Waals surface area contributed by atoms with Gasteiger partial charge >= 0.3 is 0 Å². The Morgan fingerprint density at radius 2 is 1.80 bits per heavy atom. The third-order valence-electron chi connectivity index (χ3n) is 8.97. The summed E-state index contributed by atoms with van der Waals surface area (Å²) in [7, 11) is 0. The second-order valence-electron chi connectivity index (χ2n) is 11.9. The molecule has 0 amide bonds. The van der Waals surface area contributed by atoms with E-state index in [4.69, 9.17) is 0 Å². The maximum Gasteiger partial charge on any atom is 0.00826 e. The van der Waals surface area contributed by atoms with Crippen LogP contribution < -0.4 is 0 Å². The summed E-state index contributed by atoms with van der Waals surface area (Å²) in [5, 5.41) is 0. The van der Waals surface area contributed by atoms with Crippen molar-refractivity contribution in [2.24, 2.45) is 23.7 Å². The SMILES string of the molecule is C=C1C=CC(C)C(=C)C1CC1=Cc2cccc(-c3cc(C)cc(C)c3C[C@@H]3CCCC(C)C3)c2C1. The van der Waals surface area contributed by atoms with Crippen molar-refractivity contribution in [2.45, 2.75) is 72.6 Å². The normalized spacial score (nSPS) is 26.1. The highest BCUT2D eigenvalue weighted by Crippen LogP contribution is 2.43. The third-order valence-corrected chi connectivity index (χ3v) is 8.97. The highest BCUT2D eigenvalue weighted by molar-refractivity contribution is 5.80. The lowest BCUT2D eigenvalue weighted by Gasteiger charge is -2.29. The molecule has 0 radical (unpaired) electrons. The van der Waals surface area contributed by atoms with Crippen molar-refractivity contribution in [1.82, 2.24) is 0 Å². The first-order valence-electron chi connectivity index (χ1n) is 13.8. The van der Waals surface area contributed by atoms with Gasteiger partial charge in [-0.3, -0.25) is 0 Å². The Labute approximate surface area is 213 Å². The molecule has 3 unspecified atom stereocenters. The fraction of sp³-hybridized carbons (Fsp3) is 0.429. The van der Waals surface area contributed by atoms with E-state index in [1.807, 2.05) is 0 Å². The van der Waals surface area contributed by atoms with Gasteiger partial charge in [-0.25, -0.2) is 0 Å². The van der Waals surface area contributed by atoms with Gasteiger partial charge < -0.3 is 0 Å². The predicted octanol–water partition coefficient (Wildman–Crippen LogP) is 9.60. The molecule has 1 fully saturated rings. The zero-order chi connectivity index (χ0) is 24.7. The van der Waals surface area contributed by atoms with E-state index in [0.717, 1.165) is 24.7 Å². The summed E-state index contributed by atoms with van der Waals surface area (Å²) in [4.78, 5) is 0. The first kappa shape index (κ1) is 24.1. The van der Waals surface area contributed by atoms with Crippen molar-refractivity contribution in [2.75, 3.05) is 0 Å². The number of hydrogen-bond acceptors (Lipinski definition) is 0. The molecule has 4 atom stereocenters. The largest absolute Gasteiger partial charge is 0.0986 e. The van der Waals surface area contributed by atoms with Gasteiger partial charge in [0, 0.05) is 5.92 Å². The summed E-state index contributed by atoms with van der Waals surface area (Å²) in [5.41, 5.74) is 14.3. The summed E-state index contributed by atoms with van der Waals surface area (Å²) >= 11 is 0. The minimum Gasteiger partial charge on any atom is -0.0986 e. The van der Waals surface area contributed by atoms with Gasteiger partial charge in [-0.05, 0) is 96.2 Å². The van der Waals surface area contributed by atoms with E-state index in [2.05, 4.69) is 89.4 Å². The van der Waals surface area contributed by atoms with Crippen LogP contribution in [-0.4, -0.2) is 0 Å². The van der Waals surface area contributed by atoms with E-state index < -0.39 is 0 Å². The Morgan fingerprint density at radius 3 is 2.60 bits per heavy atom. The van der Waals surface area contributed by atoms with E-state index >= 15 is 0 Å². The number of aryl methyl sites for hydroxylation is 2. The highest BCUT2D eigenvalue weighted by Gasteiger charge is 2.27.